The van der Waals surface area contributed by atoms with Crippen LogP contribution in [-0.4, -0.2) is 36.9 Å². The van der Waals surface area contributed by atoms with E-state index < -0.39 is 0 Å². The van der Waals surface area contributed by atoms with Crippen molar-refractivity contribution in [3.63, 3.8) is 0 Å². The van der Waals surface area contributed by atoms with Crippen LogP contribution in [0.15, 0.2) is 47.6 Å². The molecule has 3 aromatic rings. The number of methoxy groups -OCH3 is 1. The first-order valence-corrected chi connectivity index (χ1v) is 9.81. The maximum absolute atomic E-state index is 12.8. The van der Waals surface area contributed by atoms with E-state index in [-0.39, 0.29) is 5.91 Å². The number of aryl methyl sites for hydroxylation is 1. The summed E-state index contributed by atoms with van der Waals surface area (Å²) >= 11 is 0. The van der Waals surface area contributed by atoms with Gasteiger partial charge in [0, 0.05) is 42.4 Å². The Labute approximate surface area is 171 Å². The van der Waals surface area contributed by atoms with Crippen LogP contribution < -0.4 is 15.1 Å². The van der Waals surface area contributed by atoms with Crippen LogP contribution in [0.3, 0.4) is 0 Å². The van der Waals surface area contributed by atoms with Gasteiger partial charge >= 0.3 is 0 Å². The summed E-state index contributed by atoms with van der Waals surface area (Å²) in [6.07, 6.45) is 1.66. The fourth-order valence-corrected chi connectivity index (χ4v) is 3.55. The molecule has 1 aromatic heterocycles. The molecular weight excluding hydrogens is 364 g/mol. The average Bonchev–Trinajstić information content (AvgIpc) is 2.99. The van der Waals surface area contributed by atoms with Crippen LogP contribution in [0.2, 0.25) is 0 Å². The molecule has 0 atom stereocenters. The van der Waals surface area contributed by atoms with Crippen LogP contribution in [0.4, 0.5) is 5.69 Å². The van der Waals surface area contributed by atoms with Crippen LogP contribution in [0.1, 0.15) is 35.5 Å². The molecule has 6 nitrogen and oxygen atoms in total. The fraction of sp³-hybridized carbons (Fsp3) is 0.304. The zero-order valence-corrected chi connectivity index (χ0v) is 17.7. The van der Waals surface area contributed by atoms with Gasteiger partial charge in [0.05, 0.1) is 18.9 Å². The van der Waals surface area contributed by atoms with Crippen molar-refractivity contribution in [2.24, 2.45) is 12.1 Å². The Morgan fingerprint density at radius 2 is 1.86 bits per heavy atom. The van der Waals surface area contributed by atoms with E-state index in [4.69, 9.17) is 4.74 Å². The summed E-state index contributed by atoms with van der Waals surface area (Å²) in [6.45, 7) is 8.14. The molecule has 0 aliphatic carbocycles. The number of carbonyl (C=O) groups excluding carboxylic acids is 1. The van der Waals surface area contributed by atoms with Crippen molar-refractivity contribution in [1.29, 1.82) is 0 Å². The molecule has 6 heteroatoms. The van der Waals surface area contributed by atoms with E-state index in [1.54, 1.807) is 13.3 Å². The van der Waals surface area contributed by atoms with E-state index in [2.05, 4.69) is 41.4 Å². The second-order valence-electron chi connectivity index (χ2n) is 6.87. The smallest absolute Gasteiger partial charge is 0.273 e. The maximum atomic E-state index is 12.8. The van der Waals surface area contributed by atoms with Crippen molar-refractivity contribution in [3.05, 3.63) is 59.3 Å². The lowest BCUT2D eigenvalue weighted by Crippen LogP contribution is -2.21. The molecule has 0 saturated heterocycles. The maximum Gasteiger partial charge on any atom is 0.273 e. The van der Waals surface area contributed by atoms with E-state index >= 15 is 0 Å². The summed E-state index contributed by atoms with van der Waals surface area (Å²) in [6, 6.07) is 13.9. The predicted octanol–water partition coefficient (Wildman–Crippen LogP) is 4.11. The highest BCUT2D eigenvalue weighted by Crippen LogP contribution is 2.28. The number of fused-ring (bicyclic) bond motifs is 1. The van der Waals surface area contributed by atoms with Crippen molar-refractivity contribution in [1.82, 2.24) is 9.99 Å². The van der Waals surface area contributed by atoms with Gasteiger partial charge in [0.1, 0.15) is 5.75 Å². The molecule has 0 spiro atoms. The minimum Gasteiger partial charge on any atom is -0.497 e. The molecule has 0 fully saturated rings. The van der Waals surface area contributed by atoms with E-state index in [1.165, 1.54) is 5.69 Å². The molecule has 0 bridgehead atoms. The van der Waals surface area contributed by atoms with E-state index in [9.17, 15) is 4.79 Å². The third-order valence-electron chi connectivity index (χ3n) is 5.33. The van der Waals surface area contributed by atoms with Crippen molar-refractivity contribution < 1.29 is 9.53 Å². The van der Waals surface area contributed by atoms with Crippen LogP contribution in [0.25, 0.3) is 10.9 Å². The molecule has 152 valence electrons. The number of hydrogen-bond donors (Lipinski definition) is 1. The number of amides is 1. The molecule has 29 heavy (non-hydrogen) atoms. The van der Waals surface area contributed by atoms with Gasteiger partial charge in [-0.2, -0.15) is 5.10 Å². The van der Waals surface area contributed by atoms with Gasteiger partial charge in [0.15, 0.2) is 0 Å². The number of carbonyl (C=O) groups is 1. The molecule has 1 heterocycles. The second-order valence-corrected chi connectivity index (χ2v) is 6.87. The Balaban J connectivity index is 1.78. The van der Waals surface area contributed by atoms with Gasteiger partial charge in [0.2, 0.25) is 0 Å². The summed E-state index contributed by atoms with van der Waals surface area (Å²) in [7, 11) is 3.56. The van der Waals surface area contributed by atoms with E-state index in [0.29, 0.717) is 11.3 Å². The molecule has 2 aromatic carbocycles. The Morgan fingerprint density at radius 3 is 2.48 bits per heavy atom. The van der Waals surface area contributed by atoms with Gasteiger partial charge < -0.3 is 14.2 Å². The number of ether oxygens (including phenoxy) is 1. The molecule has 0 aliphatic rings. The number of hydrogen-bond acceptors (Lipinski definition) is 4. The number of hydrazone groups is 1. The Kier molecular flexibility index (Phi) is 6.22. The summed E-state index contributed by atoms with van der Waals surface area (Å²) in [5, 5.41) is 5.00. The molecule has 0 radical (unpaired) electrons. The summed E-state index contributed by atoms with van der Waals surface area (Å²) < 4.78 is 7.31. The highest BCUT2D eigenvalue weighted by atomic mass is 16.5. The average molecular weight is 393 g/mol. The molecule has 0 aliphatic heterocycles. The normalized spacial score (nSPS) is 11.2. The zero-order chi connectivity index (χ0) is 21.0. The highest BCUT2D eigenvalue weighted by Gasteiger charge is 2.18. The first-order chi connectivity index (χ1) is 14.0. The molecule has 1 N–H and O–H groups in total. The first kappa shape index (κ1) is 20.5. The van der Waals surface area contributed by atoms with Gasteiger partial charge in [-0.1, -0.05) is 12.1 Å². The molecule has 1 amide bonds. The Bertz CT molecular complexity index is 1030. The number of aromatic nitrogens is 1. The minimum atomic E-state index is -0.239. The Morgan fingerprint density at radius 1 is 1.17 bits per heavy atom. The van der Waals surface area contributed by atoms with Crippen molar-refractivity contribution in [3.8, 4) is 5.75 Å². The zero-order valence-electron chi connectivity index (χ0n) is 17.7. The van der Waals surface area contributed by atoms with Crippen LogP contribution in [-0.2, 0) is 7.05 Å². The van der Waals surface area contributed by atoms with Crippen LogP contribution in [0, 0.1) is 6.92 Å². The lowest BCUT2D eigenvalue weighted by Gasteiger charge is -2.20. The molecule has 0 saturated carbocycles. The summed E-state index contributed by atoms with van der Waals surface area (Å²) in [5.74, 6) is 0.478. The van der Waals surface area contributed by atoms with Gasteiger partial charge in [-0.25, -0.2) is 5.43 Å². The summed E-state index contributed by atoms with van der Waals surface area (Å²) in [4.78, 5) is 15.1. The largest absolute Gasteiger partial charge is 0.497 e. The quantitative estimate of drug-likeness (QED) is 0.486. The first-order valence-electron chi connectivity index (χ1n) is 9.81. The number of anilines is 1. The van der Waals surface area contributed by atoms with Crippen molar-refractivity contribution >= 4 is 28.7 Å². The number of nitrogens with one attached hydrogen (secondary N) is 1. The minimum absolute atomic E-state index is 0.239. The van der Waals surface area contributed by atoms with Gasteiger partial charge in [-0.05, 0) is 56.7 Å². The second kappa shape index (κ2) is 8.82. The monoisotopic (exact) mass is 392 g/mol. The van der Waals surface area contributed by atoms with E-state index in [1.807, 2.05) is 48.9 Å². The molecular formula is C23H28N4O2. The van der Waals surface area contributed by atoms with Gasteiger partial charge in [0.25, 0.3) is 5.91 Å². The summed E-state index contributed by atoms with van der Waals surface area (Å²) in [5.41, 5.74) is 7.22. The predicted molar refractivity (Wildman–Crippen MR) is 119 cm³/mol. The van der Waals surface area contributed by atoms with E-state index in [0.717, 1.165) is 35.2 Å². The third-order valence-corrected chi connectivity index (χ3v) is 5.33. The van der Waals surface area contributed by atoms with Crippen LogP contribution >= 0.6 is 0 Å². The molecule has 0 unspecified atom stereocenters. The van der Waals surface area contributed by atoms with Gasteiger partial charge in [-0.15, -0.1) is 0 Å². The number of nitrogens with zero attached hydrogens (tertiary/aromatic N) is 3. The highest BCUT2D eigenvalue weighted by molar-refractivity contribution is 6.08. The number of rotatable bonds is 7. The lowest BCUT2D eigenvalue weighted by molar-refractivity contribution is 0.0956. The Hall–Kier alpha value is -3.28. The fourth-order valence-electron chi connectivity index (χ4n) is 3.55. The lowest BCUT2D eigenvalue weighted by atomic mass is 10.1. The SMILES string of the molecule is CCN(CC)c1ccc(/C=N\NC(=O)c2c(C)n(C)c3ccc(OC)cc23)cc1. The van der Waals surface area contributed by atoms with Crippen molar-refractivity contribution in [2.75, 3.05) is 25.1 Å². The van der Waals surface area contributed by atoms with Gasteiger partial charge in [-0.3, -0.25) is 4.79 Å². The number of benzene rings is 2. The standard InChI is InChI=1S/C23H28N4O2/c1-6-27(7-2)18-10-8-17(9-11-18)15-24-25-23(28)22-16(3)26(4)21-13-12-19(29-5)14-20(21)22/h8-15H,6-7H2,1-5H3,(H,25,28)/b24-15-. The van der Waals surface area contributed by atoms with Crippen molar-refractivity contribution in [2.45, 2.75) is 20.8 Å². The van der Waals surface area contributed by atoms with Crippen LogP contribution in [0.5, 0.6) is 5.75 Å². The topological polar surface area (TPSA) is 58.9 Å². The third kappa shape index (κ3) is 4.11. The molecule has 3 rings (SSSR count).